The lowest BCUT2D eigenvalue weighted by Gasteiger charge is -2.23. The topological polar surface area (TPSA) is 95.9 Å². The molecule has 0 aromatic carbocycles. The zero-order valence-electron chi connectivity index (χ0n) is 39.2. The highest BCUT2D eigenvalue weighted by Gasteiger charge is 2.23. The van der Waals surface area contributed by atoms with E-state index in [4.69, 9.17) is 4.74 Å². The Kier molecular flexibility index (Phi) is 44.9. The minimum absolute atomic E-state index is 0.0624. The van der Waals surface area contributed by atoms with Crippen molar-refractivity contribution in [1.82, 2.24) is 5.32 Å². The number of aliphatic hydroxyl groups is 2. The van der Waals surface area contributed by atoms with E-state index in [0.717, 1.165) is 89.9 Å². The molecule has 346 valence electrons. The molecule has 0 fully saturated rings. The SMILES string of the molecule is CC/C=C/C/C=C/C/C=C/C/C=C/C/C=C/C(CC(=O)NC(CO)C(O)CCCCCCCCCCCC)OC(=O)CCCCCCC/C=C/C=C/C=C/C=C/CCCCC. The van der Waals surface area contributed by atoms with E-state index in [2.05, 4.69) is 123 Å². The zero-order valence-corrected chi connectivity index (χ0v) is 39.2. The van der Waals surface area contributed by atoms with Crippen LogP contribution in [0.4, 0.5) is 0 Å². The highest BCUT2D eigenvalue weighted by Crippen LogP contribution is 2.15. The molecule has 3 atom stereocenters. The number of carbonyl (C=O) groups is 2. The highest BCUT2D eigenvalue weighted by atomic mass is 16.5. The minimum atomic E-state index is -0.828. The van der Waals surface area contributed by atoms with Gasteiger partial charge in [0, 0.05) is 6.42 Å². The number of hydrogen-bond acceptors (Lipinski definition) is 5. The first-order valence-corrected chi connectivity index (χ1v) is 24.7. The number of carbonyl (C=O) groups excluding carboxylic acids is 2. The van der Waals surface area contributed by atoms with Crippen LogP contribution in [0.25, 0.3) is 0 Å². The molecule has 61 heavy (non-hydrogen) atoms. The van der Waals surface area contributed by atoms with Crippen LogP contribution < -0.4 is 5.32 Å². The van der Waals surface area contributed by atoms with Gasteiger partial charge in [-0.3, -0.25) is 9.59 Å². The van der Waals surface area contributed by atoms with Crippen LogP contribution in [0.1, 0.15) is 201 Å². The number of rotatable bonds is 42. The van der Waals surface area contributed by atoms with E-state index in [1.54, 1.807) is 6.08 Å². The van der Waals surface area contributed by atoms with Gasteiger partial charge in [-0.05, 0) is 76.7 Å². The van der Waals surface area contributed by atoms with Crippen molar-refractivity contribution in [3.05, 3.63) is 109 Å². The van der Waals surface area contributed by atoms with Gasteiger partial charge in [-0.1, -0.05) is 220 Å². The molecular weight excluding hydrogens is 755 g/mol. The Labute approximate surface area is 375 Å². The summed E-state index contributed by atoms with van der Waals surface area (Å²) >= 11 is 0. The summed E-state index contributed by atoms with van der Waals surface area (Å²) in [5.41, 5.74) is 0. The third-order valence-corrected chi connectivity index (χ3v) is 10.4. The maximum absolute atomic E-state index is 13.1. The summed E-state index contributed by atoms with van der Waals surface area (Å²) in [5, 5.41) is 23.6. The van der Waals surface area contributed by atoms with Crippen LogP contribution in [0, 0.1) is 0 Å². The second-order valence-electron chi connectivity index (χ2n) is 16.2. The van der Waals surface area contributed by atoms with E-state index in [9.17, 15) is 19.8 Å². The Balaban J connectivity index is 4.81. The molecule has 0 rings (SSSR count). The largest absolute Gasteiger partial charge is 0.458 e. The van der Waals surface area contributed by atoms with Crippen LogP contribution in [0.3, 0.4) is 0 Å². The molecule has 1 amide bonds. The van der Waals surface area contributed by atoms with E-state index in [1.807, 2.05) is 6.08 Å². The first-order valence-electron chi connectivity index (χ1n) is 24.7. The number of amides is 1. The van der Waals surface area contributed by atoms with E-state index in [0.29, 0.717) is 19.3 Å². The maximum atomic E-state index is 13.1. The fraction of sp³-hybridized carbons (Fsp3) is 0.636. The summed E-state index contributed by atoms with van der Waals surface area (Å²) < 4.78 is 5.80. The predicted octanol–water partition coefficient (Wildman–Crippen LogP) is 14.7. The summed E-state index contributed by atoms with van der Waals surface area (Å²) in [6.45, 7) is 6.26. The van der Waals surface area contributed by atoms with E-state index >= 15 is 0 Å². The molecular formula is C55H91NO5. The molecule has 6 heteroatoms. The van der Waals surface area contributed by atoms with Crippen LogP contribution in [-0.4, -0.2) is 46.9 Å². The number of ether oxygens (including phenoxy) is 1. The standard InChI is InChI=1S/C55H91NO5/c1-4-7-10-13-16-19-22-24-26-27-28-29-31-33-36-39-42-45-48-55(60)61-51(46-43-40-37-34-32-30-25-23-20-17-14-11-8-5-2)49-54(59)56-52(50-57)53(58)47-44-41-38-35-21-18-15-12-9-6-3/h8,11,16-17,19-20,22,24-30,34,37,43,46,51-53,57-58H,4-7,9-10,12-15,18,21,23,31-33,35-36,38-42,44-45,47-50H2,1-3H3,(H,56,59)/b11-8+,19-16+,20-17+,24-22+,27-26+,29-28+,30-25+,37-34+,46-43+. The molecule has 0 spiro atoms. The third kappa shape index (κ3) is 43.0. The van der Waals surface area contributed by atoms with Gasteiger partial charge < -0.3 is 20.3 Å². The van der Waals surface area contributed by atoms with Crippen molar-refractivity contribution in [2.24, 2.45) is 0 Å². The molecule has 0 aromatic heterocycles. The minimum Gasteiger partial charge on any atom is -0.458 e. The second-order valence-corrected chi connectivity index (χ2v) is 16.2. The van der Waals surface area contributed by atoms with Crippen molar-refractivity contribution in [3.8, 4) is 0 Å². The van der Waals surface area contributed by atoms with E-state index < -0.39 is 18.2 Å². The van der Waals surface area contributed by atoms with Gasteiger partial charge in [0.25, 0.3) is 0 Å². The summed E-state index contributed by atoms with van der Waals surface area (Å²) in [7, 11) is 0. The number of aliphatic hydroxyl groups excluding tert-OH is 2. The predicted molar refractivity (Wildman–Crippen MR) is 263 cm³/mol. The Bertz CT molecular complexity index is 1270. The van der Waals surface area contributed by atoms with Gasteiger partial charge in [0.05, 0.1) is 25.2 Å². The van der Waals surface area contributed by atoms with Crippen molar-refractivity contribution in [3.63, 3.8) is 0 Å². The van der Waals surface area contributed by atoms with Gasteiger partial charge in [-0.15, -0.1) is 0 Å². The van der Waals surface area contributed by atoms with Crippen LogP contribution in [-0.2, 0) is 14.3 Å². The molecule has 3 unspecified atom stereocenters. The van der Waals surface area contributed by atoms with E-state index in [1.165, 1.54) is 64.2 Å². The Morgan fingerprint density at radius 3 is 1.51 bits per heavy atom. The molecule has 0 saturated carbocycles. The Hall–Kier alpha value is -3.48. The third-order valence-electron chi connectivity index (χ3n) is 10.4. The normalized spacial score (nSPS) is 14.2. The average Bonchev–Trinajstić information content (AvgIpc) is 3.25. The van der Waals surface area contributed by atoms with Gasteiger partial charge in [0.2, 0.25) is 5.91 Å². The Morgan fingerprint density at radius 1 is 0.525 bits per heavy atom. The fourth-order valence-corrected chi connectivity index (χ4v) is 6.70. The lowest BCUT2D eigenvalue weighted by atomic mass is 10.0. The summed E-state index contributed by atoms with van der Waals surface area (Å²) in [6.07, 6.45) is 64.6. The zero-order chi connectivity index (χ0) is 44.5. The van der Waals surface area contributed by atoms with E-state index in [-0.39, 0.29) is 24.9 Å². The number of hydrogen-bond donors (Lipinski definition) is 3. The lowest BCUT2D eigenvalue weighted by molar-refractivity contribution is -0.148. The molecule has 0 aliphatic rings. The summed E-state index contributed by atoms with van der Waals surface area (Å²) in [5.74, 6) is -0.667. The van der Waals surface area contributed by atoms with Gasteiger partial charge >= 0.3 is 5.97 Å². The molecule has 0 aliphatic heterocycles. The molecule has 0 radical (unpaired) electrons. The smallest absolute Gasteiger partial charge is 0.306 e. The average molecular weight is 846 g/mol. The fourth-order valence-electron chi connectivity index (χ4n) is 6.70. The number of allylic oxidation sites excluding steroid dienone is 17. The first-order chi connectivity index (χ1) is 30.0. The van der Waals surface area contributed by atoms with Crippen molar-refractivity contribution in [2.75, 3.05) is 6.61 Å². The first kappa shape index (κ1) is 57.5. The van der Waals surface area contributed by atoms with Crippen molar-refractivity contribution >= 4 is 11.9 Å². The van der Waals surface area contributed by atoms with Gasteiger partial charge in [0.1, 0.15) is 6.10 Å². The molecule has 0 heterocycles. The van der Waals surface area contributed by atoms with Gasteiger partial charge in [-0.2, -0.15) is 0 Å². The highest BCUT2D eigenvalue weighted by molar-refractivity contribution is 5.78. The Morgan fingerprint density at radius 2 is 0.967 bits per heavy atom. The summed E-state index contributed by atoms with van der Waals surface area (Å²) in [6, 6.07) is -0.753. The van der Waals surface area contributed by atoms with Crippen molar-refractivity contribution in [1.29, 1.82) is 0 Å². The van der Waals surface area contributed by atoms with Crippen molar-refractivity contribution in [2.45, 2.75) is 219 Å². The quantitative estimate of drug-likeness (QED) is 0.0246. The molecule has 0 aromatic rings. The lowest BCUT2D eigenvalue weighted by Crippen LogP contribution is -2.46. The molecule has 0 bridgehead atoms. The number of nitrogens with one attached hydrogen (secondary N) is 1. The number of unbranched alkanes of at least 4 members (excludes halogenated alkanes) is 17. The monoisotopic (exact) mass is 846 g/mol. The number of esters is 1. The molecule has 6 nitrogen and oxygen atoms in total. The second kappa shape index (κ2) is 47.6. The maximum Gasteiger partial charge on any atom is 0.306 e. The molecule has 0 saturated heterocycles. The van der Waals surface area contributed by atoms with Crippen LogP contribution in [0.15, 0.2) is 109 Å². The van der Waals surface area contributed by atoms with Gasteiger partial charge in [-0.25, -0.2) is 0 Å². The van der Waals surface area contributed by atoms with Crippen LogP contribution >= 0.6 is 0 Å². The molecule has 0 aliphatic carbocycles. The van der Waals surface area contributed by atoms with Crippen LogP contribution in [0.5, 0.6) is 0 Å². The van der Waals surface area contributed by atoms with Crippen LogP contribution in [0.2, 0.25) is 0 Å². The molecule has 3 N–H and O–H groups in total. The van der Waals surface area contributed by atoms with Crippen molar-refractivity contribution < 1.29 is 24.5 Å². The van der Waals surface area contributed by atoms with Gasteiger partial charge in [0.15, 0.2) is 0 Å². The summed E-state index contributed by atoms with van der Waals surface area (Å²) in [4.78, 5) is 26.0.